The average molecular weight is 390 g/mol. The molecule has 3 heterocycles. The van der Waals surface area contributed by atoms with Crippen molar-refractivity contribution in [2.24, 2.45) is 5.92 Å². The Morgan fingerprint density at radius 1 is 1.03 bits per heavy atom. The van der Waals surface area contributed by atoms with Gasteiger partial charge in [-0.05, 0) is 54.7 Å². The molecular weight excluding hydrogens is 358 g/mol. The van der Waals surface area contributed by atoms with E-state index < -0.39 is 0 Å². The molecule has 0 radical (unpaired) electrons. The Morgan fingerprint density at radius 3 is 2.76 bits per heavy atom. The van der Waals surface area contributed by atoms with E-state index in [1.807, 2.05) is 6.07 Å². The third kappa shape index (κ3) is 3.78. The van der Waals surface area contributed by atoms with E-state index in [9.17, 15) is 4.79 Å². The number of amides is 2. The van der Waals surface area contributed by atoms with Crippen molar-refractivity contribution in [3.05, 3.63) is 71.3 Å². The Bertz CT molecular complexity index is 852. The van der Waals surface area contributed by atoms with Crippen LogP contribution in [0.4, 0.5) is 4.79 Å². The molecule has 0 unspecified atom stereocenters. The predicted octanol–water partition coefficient (Wildman–Crippen LogP) is 4.02. The normalized spacial score (nSPS) is 26.2. The molecule has 2 aromatic rings. The van der Waals surface area contributed by atoms with Crippen LogP contribution in [-0.4, -0.2) is 48.1 Å². The second-order valence-electron chi connectivity index (χ2n) is 8.83. The van der Waals surface area contributed by atoms with Crippen LogP contribution in [0.5, 0.6) is 0 Å². The van der Waals surface area contributed by atoms with Gasteiger partial charge in [0.15, 0.2) is 0 Å². The van der Waals surface area contributed by atoms with Crippen LogP contribution < -0.4 is 5.32 Å². The summed E-state index contributed by atoms with van der Waals surface area (Å²) in [6, 6.07) is 20.3. The number of hydrogen-bond acceptors (Lipinski definition) is 2. The molecule has 5 rings (SSSR count). The first-order chi connectivity index (χ1) is 14.3. The fourth-order valence-electron chi connectivity index (χ4n) is 5.71. The maximum absolute atomic E-state index is 13.1. The highest BCUT2D eigenvalue weighted by molar-refractivity contribution is 5.74. The number of benzene rings is 2. The van der Waals surface area contributed by atoms with Gasteiger partial charge in [-0.25, -0.2) is 4.79 Å². The van der Waals surface area contributed by atoms with E-state index >= 15 is 0 Å². The molecule has 3 aliphatic rings. The quantitative estimate of drug-likeness (QED) is 0.861. The predicted molar refractivity (Wildman–Crippen MR) is 116 cm³/mol. The van der Waals surface area contributed by atoms with Gasteiger partial charge in [0.25, 0.3) is 0 Å². The molecule has 4 heteroatoms. The molecule has 0 aliphatic carbocycles. The molecule has 152 valence electrons. The standard InChI is InChI=1S/C25H31N3O/c29-25(26-14-12-19-7-2-1-3-8-19)28-15-6-10-21-18-27-16-13-20-9-4-5-11-22(20)24(27)17-23(21)28/h1-5,7-9,11,21,23-24H,6,10,12-18H2,(H,26,29)/t21-,23+,24+/m0/s1. The van der Waals surface area contributed by atoms with Crippen molar-refractivity contribution in [1.29, 1.82) is 0 Å². The van der Waals surface area contributed by atoms with Crippen LogP contribution in [0.1, 0.15) is 42.0 Å². The van der Waals surface area contributed by atoms with E-state index in [1.54, 1.807) is 0 Å². The number of fused-ring (bicyclic) bond motifs is 4. The molecule has 2 saturated heterocycles. The summed E-state index contributed by atoms with van der Waals surface area (Å²) in [5, 5.41) is 3.20. The zero-order valence-electron chi connectivity index (χ0n) is 17.1. The Hall–Kier alpha value is -2.33. The Balaban J connectivity index is 1.26. The minimum absolute atomic E-state index is 0.133. The summed E-state index contributed by atoms with van der Waals surface area (Å²) >= 11 is 0. The van der Waals surface area contributed by atoms with Gasteiger partial charge in [0.2, 0.25) is 0 Å². The van der Waals surface area contributed by atoms with Crippen LogP contribution in [0.2, 0.25) is 0 Å². The van der Waals surface area contributed by atoms with Crippen molar-refractivity contribution in [1.82, 2.24) is 15.1 Å². The molecule has 0 bridgehead atoms. The molecule has 2 amide bonds. The first kappa shape index (κ1) is 18.7. The molecule has 0 spiro atoms. The number of carbonyl (C=O) groups is 1. The van der Waals surface area contributed by atoms with Gasteiger partial charge in [-0.1, -0.05) is 54.6 Å². The molecule has 29 heavy (non-hydrogen) atoms. The van der Waals surface area contributed by atoms with Crippen LogP contribution >= 0.6 is 0 Å². The van der Waals surface area contributed by atoms with E-state index in [0.29, 0.717) is 24.5 Å². The van der Waals surface area contributed by atoms with Gasteiger partial charge in [-0.2, -0.15) is 0 Å². The first-order valence-electron chi connectivity index (χ1n) is 11.2. The summed E-state index contributed by atoms with van der Waals surface area (Å²) < 4.78 is 0. The van der Waals surface area contributed by atoms with Gasteiger partial charge in [-0.15, -0.1) is 0 Å². The van der Waals surface area contributed by atoms with Crippen molar-refractivity contribution < 1.29 is 4.79 Å². The molecule has 0 aromatic heterocycles. The van der Waals surface area contributed by atoms with Crippen LogP contribution in [0, 0.1) is 5.92 Å². The zero-order valence-corrected chi connectivity index (χ0v) is 17.1. The molecule has 0 saturated carbocycles. The van der Waals surface area contributed by atoms with Gasteiger partial charge in [-0.3, -0.25) is 4.90 Å². The third-order valence-electron chi connectivity index (χ3n) is 7.17. The van der Waals surface area contributed by atoms with Crippen LogP contribution in [0.3, 0.4) is 0 Å². The Labute approximate surface area is 173 Å². The number of carbonyl (C=O) groups excluding carboxylic acids is 1. The fourth-order valence-corrected chi connectivity index (χ4v) is 5.71. The fraction of sp³-hybridized carbons (Fsp3) is 0.480. The number of nitrogens with zero attached hydrogens (tertiary/aromatic N) is 2. The number of rotatable bonds is 3. The lowest BCUT2D eigenvalue weighted by Gasteiger charge is -2.52. The minimum atomic E-state index is 0.133. The van der Waals surface area contributed by atoms with Gasteiger partial charge < -0.3 is 10.2 Å². The molecule has 3 atom stereocenters. The molecule has 1 N–H and O–H groups in total. The highest BCUT2D eigenvalue weighted by Crippen LogP contribution is 2.42. The SMILES string of the molecule is O=C(NCCc1ccccc1)N1CCC[C@H]2CN3CCc4ccccc4[C@H]3C[C@H]21. The van der Waals surface area contributed by atoms with E-state index in [-0.39, 0.29) is 6.03 Å². The summed E-state index contributed by atoms with van der Waals surface area (Å²) in [7, 11) is 0. The number of nitrogens with one attached hydrogen (secondary N) is 1. The van der Waals surface area contributed by atoms with E-state index in [4.69, 9.17) is 0 Å². The number of urea groups is 1. The second kappa shape index (κ2) is 8.19. The lowest BCUT2D eigenvalue weighted by Crippen LogP contribution is -2.59. The summed E-state index contributed by atoms with van der Waals surface area (Å²) in [5.41, 5.74) is 4.27. The molecule has 2 aromatic carbocycles. The highest BCUT2D eigenvalue weighted by Gasteiger charge is 2.43. The minimum Gasteiger partial charge on any atom is -0.338 e. The van der Waals surface area contributed by atoms with Crippen molar-refractivity contribution >= 4 is 6.03 Å². The molecule has 4 nitrogen and oxygen atoms in total. The maximum Gasteiger partial charge on any atom is 0.317 e. The molecule has 2 fully saturated rings. The molecule has 3 aliphatic heterocycles. The van der Waals surface area contributed by atoms with Gasteiger partial charge >= 0.3 is 6.03 Å². The lowest BCUT2D eigenvalue weighted by molar-refractivity contribution is 0.00579. The van der Waals surface area contributed by atoms with Crippen LogP contribution in [0.15, 0.2) is 54.6 Å². The average Bonchev–Trinajstić information content (AvgIpc) is 2.78. The second-order valence-corrected chi connectivity index (χ2v) is 8.83. The zero-order chi connectivity index (χ0) is 19.6. The van der Waals surface area contributed by atoms with E-state index in [1.165, 1.54) is 23.1 Å². The van der Waals surface area contributed by atoms with Crippen molar-refractivity contribution in [2.75, 3.05) is 26.2 Å². The Morgan fingerprint density at radius 2 is 1.86 bits per heavy atom. The monoisotopic (exact) mass is 389 g/mol. The molecular formula is C25H31N3O. The first-order valence-corrected chi connectivity index (χ1v) is 11.2. The van der Waals surface area contributed by atoms with Gasteiger partial charge in [0.05, 0.1) is 0 Å². The third-order valence-corrected chi connectivity index (χ3v) is 7.17. The topological polar surface area (TPSA) is 35.6 Å². The summed E-state index contributed by atoms with van der Waals surface area (Å²) in [4.78, 5) is 17.9. The van der Waals surface area contributed by atoms with E-state index in [0.717, 1.165) is 45.3 Å². The van der Waals surface area contributed by atoms with Gasteiger partial charge in [0, 0.05) is 38.3 Å². The number of piperidine rings is 2. The number of likely N-dealkylation sites (tertiary alicyclic amines) is 1. The Kier molecular flexibility index (Phi) is 5.28. The van der Waals surface area contributed by atoms with Crippen molar-refractivity contribution in [2.45, 2.75) is 44.2 Å². The highest BCUT2D eigenvalue weighted by atomic mass is 16.2. The van der Waals surface area contributed by atoms with Crippen molar-refractivity contribution in [3.63, 3.8) is 0 Å². The smallest absolute Gasteiger partial charge is 0.317 e. The largest absolute Gasteiger partial charge is 0.338 e. The summed E-state index contributed by atoms with van der Waals surface area (Å²) in [6.07, 6.45) is 5.51. The van der Waals surface area contributed by atoms with Crippen LogP contribution in [0.25, 0.3) is 0 Å². The lowest BCUT2D eigenvalue weighted by atomic mass is 9.77. The van der Waals surface area contributed by atoms with E-state index in [2.05, 4.69) is 63.6 Å². The van der Waals surface area contributed by atoms with Crippen molar-refractivity contribution in [3.8, 4) is 0 Å². The summed E-state index contributed by atoms with van der Waals surface area (Å²) in [5.74, 6) is 0.616. The number of hydrogen-bond donors (Lipinski definition) is 1. The maximum atomic E-state index is 13.1. The van der Waals surface area contributed by atoms with Crippen LogP contribution in [-0.2, 0) is 12.8 Å². The van der Waals surface area contributed by atoms with Gasteiger partial charge in [0.1, 0.15) is 0 Å². The summed E-state index contributed by atoms with van der Waals surface area (Å²) in [6.45, 7) is 3.90.